The van der Waals surface area contributed by atoms with E-state index in [4.69, 9.17) is 15.3 Å². The Morgan fingerprint density at radius 2 is 2.09 bits per heavy atom. The van der Waals surface area contributed by atoms with Gasteiger partial charge in [0, 0.05) is 11.5 Å². The van der Waals surface area contributed by atoms with Gasteiger partial charge in [0.2, 0.25) is 11.8 Å². The molecule has 3 atom stereocenters. The number of aliphatic hydroxyl groups is 1. The number of hydrogen-bond donors (Lipinski definition) is 4. The molecule has 4 rings (SSSR count). The van der Waals surface area contributed by atoms with Crippen LogP contribution < -0.4 is 11.1 Å². The lowest BCUT2D eigenvalue weighted by molar-refractivity contribution is -0.150. The van der Waals surface area contributed by atoms with E-state index in [1.54, 1.807) is 30.3 Å². The summed E-state index contributed by atoms with van der Waals surface area (Å²) in [6, 6.07) is 6.98. The van der Waals surface area contributed by atoms with E-state index in [0.29, 0.717) is 16.9 Å². The normalized spacial score (nSPS) is 21.1. The molecule has 1 aromatic carbocycles. The summed E-state index contributed by atoms with van der Waals surface area (Å²) in [5.74, 6) is -1.62. The number of β-lactam (4-membered cyclic amide) rings is 1. The third kappa shape index (κ3) is 4.24. The predicted octanol–water partition coefficient (Wildman–Crippen LogP) is 0.0926. The molecule has 13 heteroatoms. The Hall–Kier alpha value is -2.87. The molecule has 2 aliphatic rings. The highest BCUT2D eigenvalue weighted by molar-refractivity contribution is 8.01. The molecule has 0 saturated carbocycles. The van der Waals surface area contributed by atoms with Crippen molar-refractivity contribution in [1.82, 2.24) is 20.4 Å². The molecule has 5 N–H and O–H groups in total. The number of hydrogen-bond acceptors (Lipinski definition) is 10. The first-order chi connectivity index (χ1) is 15.4. The maximum atomic E-state index is 12.8. The number of aliphatic hydroxyl groups excluding tert-OH is 1. The summed E-state index contributed by atoms with van der Waals surface area (Å²) in [5.41, 5.74) is 7.02. The summed E-state index contributed by atoms with van der Waals surface area (Å²) in [7, 11) is 0. The number of thioether (sulfide) groups is 2. The molecule has 2 amide bonds. The minimum absolute atomic E-state index is 0.0586. The van der Waals surface area contributed by atoms with Gasteiger partial charge in [0.1, 0.15) is 29.8 Å². The molecule has 3 heterocycles. The van der Waals surface area contributed by atoms with Crippen molar-refractivity contribution in [3.63, 3.8) is 0 Å². The summed E-state index contributed by atoms with van der Waals surface area (Å²) in [6.45, 7) is -0.391. The number of amides is 2. The largest absolute Gasteiger partial charge is 0.477 e. The molecule has 0 spiro atoms. The Morgan fingerprint density at radius 3 is 2.75 bits per heavy atom. The molecule has 168 valence electrons. The van der Waals surface area contributed by atoms with E-state index in [-0.39, 0.29) is 22.6 Å². The molecule has 11 nitrogen and oxygen atoms in total. The van der Waals surface area contributed by atoms with Crippen LogP contribution in [0.4, 0.5) is 0 Å². The minimum Gasteiger partial charge on any atom is -0.477 e. The van der Waals surface area contributed by atoms with Crippen molar-refractivity contribution in [3.05, 3.63) is 53.1 Å². The zero-order valence-corrected chi connectivity index (χ0v) is 18.1. The van der Waals surface area contributed by atoms with Gasteiger partial charge in [-0.05, 0) is 11.1 Å². The van der Waals surface area contributed by atoms with Gasteiger partial charge in [-0.25, -0.2) is 4.79 Å². The Morgan fingerprint density at radius 1 is 1.34 bits per heavy atom. The molecule has 1 saturated heterocycles. The molecule has 1 aromatic heterocycles. The second-order valence-electron chi connectivity index (χ2n) is 6.95. The van der Waals surface area contributed by atoms with Crippen molar-refractivity contribution in [2.24, 2.45) is 5.73 Å². The minimum atomic E-state index is -1.23. The van der Waals surface area contributed by atoms with Crippen LogP contribution in [0.15, 0.2) is 51.2 Å². The highest BCUT2D eigenvalue weighted by Gasteiger charge is 2.54. The van der Waals surface area contributed by atoms with Gasteiger partial charge in [-0.15, -0.1) is 22.0 Å². The van der Waals surface area contributed by atoms with E-state index in [0.717, 1.165) is 11.8 Å². The van der Waals surface area contributed by atoms with Crippen molar-refractivity contribution >= 4 is 41.3 Å². The van der Waals surface area contributed by atoms with E-state index >= 15 is 0 Å². The molecule has 2 unspecified atom stereocenters. The number of carboxylic acids is 1. The third-order valence-corrected chi connectivity index (χ3v) is 7.19. The molecular weight excluding hydrogens is 458 g/mol. The number of nitrogens with zero attached hydrogens (tertiary/aromatic N) is 3. The summed E-state index contributed by atoms with van der Waals surface area (Å²) >= 11 is 2.47. The number of benzene rings is 1. The van der Waals surface area contributed by atoms with Crippen molar-refractivity contribution in [1.29, 1.82) is 0 Å². The lowest BCUT2D eigenvalue weighted by Gasteiger charge is -2.49. The zero-order valence-electron chi connectivity index (χ0n) is 16.5. The fourth-order valence-corrected chi connectivity index (χ4v) is 5.62. The van der Waals surface area contributed by atoms with Crippen molar-refractivity contribution < 1.29 is 29.0 Å². The first kappa shape index (κ1) is 22.3. The lowest BCUT2D eigenvalue weighted by Crippen LogP contribution is -2.71. The molecular formula is C19H19N5O6S2. The van der Waals surface area contributed by atoms with E-state index in [2.05, 4.69) is 15.5 Å². The van der Waals surface area contributed by atoms with Crippen LogP contribution in [0.25, 0.3) is 0 Å². The highest BCUT2D eigenvalue weighted by atomic mass is 32.2. The summed E-state index contributed by atoms with van der Waals surface area (Å²) in [4.78, 5) is 38.4. The van der Waals surface area contributed by atoms with Crippen molar-refractivity contribution in [3.8, 4) is 0 Å². The fraction of sp³-hybridized carbons (Fsp3) is 0.316. The highest BCUT2D eigenvalue weighted by Crippen LogP contribution is 2.41. The number of carbonyl (C=O) groups is 3. The first-order valence-corrected chi connectivity index (χ1v) is 11.5. The smallest absolute Gasteiger partial charge is 0.352 e. The maximum absolute atomic E-state index is 12.8. The summed E-state index contributed by atoms with van der Waals surface area (Å²) in [6.07, 6.45) is 0. The molecule has 2 aliphatic heterocycles. The van der Waals surface area contributed by atoms with Gasteiger partial charge in [0.25, 0.3) is 11.1 Å². The molecule has 32 heavy (non-hydrogen) atoms. The predicted molar refractivity (Wildman–Crippen MR) is 114 cm³/mol. The first-order valence-electron chi connectivity index (χ1n) is 9.47. The lowest BCUT2D eigenvalue weighted by atomic mass is 10.0. The number of aliphatic carboxylic acids is 1. The van der Waals surface area contributed by atoms with Crippen LogP contribution in [0.5, 0.6) is 0 Å². The SMILES string of the molecule is NC(C(=O)NC1C(=O)N2C(C(=O)O)=C(CSc3nnc(CO)o3)CS[C@H]12)c1ccccc1. The zero-order chi connectivity index (χ0) is 22.8. The number of carbonyl (C=O) groups excluding carboxylic acids is 2. The van der Waals surface area contributed by atoms with Gasteiger partial charge in [0.15, 0.2) is 0 Å². The van der Waals surface area contributed by atoms with E-state index in [9.17, 15) is 19.5 Å². The number of nitrogens with one attached hydrogen (secondary N) is 1. The van der Waals surface area contributed by atoms with Crippen LogP contribution in [0.3, 0.4) is 0 Å². The summed E-state index contributed by atoms with van der Waals surface area (Å²) in [5, 5.41) is 28.4. The average Bonchev–Trinajstić information content (AvgIpc) is 3.28. The van der Waals surface area contributed by atoms with Crippen LogP contribution in [-0.2, 0) is 21.0 Å². The average molecular weight is 478 g/mol. The second-order valence-corrected chi connectivity index (χ2v) is 8.98. The van der Waals surface area contributed by atoms with Gasteiger partial charge in [-0.2, -0.15) is 0 Å². The topological polar surface area (TPSA) is 172 Å². The van der Waals surface area contributed by atoms with Gasteiger partial charge in [-0.3, -0.25) is 14.5 Å². The molecule has 0 aliphatic carbocycles. The monoisotopic (exact) mass is 477 g/mol. The van der Waals surface area contributed by atoms with Crippen LogP contribution in [0.2, 0.25) is 0 Å². The number of carboxylic acid groups (broad SMARTS) is 1. The van der Waals surface area contributed by atoms with Gasteiger partial charge < -0.3 is 25.7 Å². The van der Waals surface area contributed by atoms with E-state index in [1.165, 1.54) is 16.7 Å². The standard InChI is InChI=1S/C19H19N5O6S2/c20-12(9-4-2-1-3-5-9)15(26)21-13-16(27)24-14(18(28)29)10(7-31-17(13)24)8-32-19-23-22-11(6-25)30-19/h1-5,12-13,17,25H,6-8,20H2,(H,21,26)(H,28,29)/t12?,13?,17-/m1/s1. The second kappa shape index (κ2) is 9.32. The van der Waals surface area contributed by atoms with Crippen LogP contribution in [0.1, 0.15) is 17.5 Å². The Bertz CT molecular complexity index is 1080. The van der Waals surface area contributed by atoms with Gasteiger partial charge >= 0.3 is 5.97 Å². The third-order valence-electron chi connectivity index (χ3n) is 4.94. The Kier molecular flexibility index (Phi) is 6.50. The van der Waals surface area contributed by atoms with Crippen LogP contribution in [-0.4, -0.2) is 66.0 Å². The van der Waals surface area contributed by atoms with Crippen LogP contribution in [0, 0.1) is 0 Å². The fourth-order valence-electron chi connectivity index (χ4n) is 3.36. The number of rotatable bonds is 8. The number of fused-ring (bicyclic) bond motifs is 1. The maximum Gasteiger partial charge on any atom is 0.352 e. The van der Waals surface area contributed by atoms with Gasteiger partial charge in [0.05, 0.1) is 0 Å². The summed E-state index contributed by atoms with van der Waals surface area (Å²) < 4.78 is 5.20. The number of nitrogens with two attached hydrogens (primary N) is 1. The Balaban J connectivity index is 1.44. The van der Waals surface area contributed by atoms with Crippen molar-refractivity contribution in [2.75, 3.05) is 11.5 Å². The van der Waals surface area contributed by atoms with Crippen LogP contribution >= 0.6 is 23.5 Å². The van der Waals surface area contributed by atoms with E-state index < -0.39 is 41.8 Å². The molecule has 2 aromatic rings. The Labute approximate surface area is 190 Å². The number of aromatic nitrogens is 2. The van der Waals surface area contributed by atoms with Crippen molar-refractivity contribution in [2.45, 2.75) is 29.3 Å². The van der Waals surface area contributed by atoms with Gasteiger partial charge in [-0.1, -0.05) is 42.1 Å². The molecule has 0 radical (unpaired) electrons. The van der Waals surface area contributed by atoms with E-state index in [1.807, 2.05) is 0 Å². The molecule has 0 bridgehead atoms. The quantitative estimate of drug-likeness (QED) is 0.300. The molecule has 1 fully saturated rings.